The van der Waals surface area contributed by atoms with E-state index in [1.807, 2.05) is 85.9 Å². The van der Waals surface area contributed by atoms with Crippen molar-refractivity contribution in [1.82, 2.24) is 16.0 Å². The number of benzene rings is 3. The second-order valence-corrected chi connectivity index (χ2v) is 15.0. The Hall–Kier alpha value is -5.29. The first-order valence-electron chi connectivity index (χ1n) is 18.8. The number of esters is 1. The van der Waals surface area contributed by atoms with Crippen LogP contribution in [0.25, 0.3) is 11.1 Å². The maximum atomic E-state index is 13.6. The molecule has 1 heterocycles. The summed E-state index contributed by atoms with van der Waals surface area (Å²) < 4.78 is 10.8. The van der Waals surface area contributed by atoms with Gasteiger partial charge in [0, 0.05) is 0 Å². The van der Waals surface area contributed by atoms with E-state index in [9.17, 15) is 19.2 Å². The van der Waals surface area contributed by atoms with Gasteiger partial charge in [-0.2, -0.15) is 4.99 Å². The minimum Gasteiger partial charge on any atom is -0.466 e. The third-order valence-corrected chi connectivity index (χ3v) is 8.95. The lowest BCUT2D eigenvalue weighted by Gasteiger charge is -2.29. The highest BCUT2D eigenvalue weighted by Crippen LogP contribution is 2.27. The number of quaternary nitrogens is 1. The van der Waals surface area contributed by atoms with Gasteiger partial charge in [-0.1, -0.05) is 84.9 Å². The molecule has 54 heavy (non-hydrogen) atoms. The molecule has 0 saturated heterocycles. The van der Waals surface area contributed by atoms with Gasteiger partial charge in [0.1, 0.15) is 23.4 Å². The molecule has 3 amide bonds. The van der Waals surface area contributed by atoms with Gasteiger partial charge < -0.3 is 25.4 Å². The molecule has 4 rings (SSSR count). The van der Waals surface area contributed by atoms with Gasteiger partial charge in [0.2, 0.25) is 11.8 Å². The molecule has 1 aliphatic heterocycles. The van der Waals surface area contributed by atoms with Crippen molar-refractivity contribution in [3.05, 3.63) is 108 Å². The Labute approximate surface area is 319 Å². The van der Waals surface area contributed by atoms with E-state index in [0.717, 1.165) is 46.4 Å². The van der Waals surface area contributed by atoms with Crippen LogP contribution < -0.4 is 20.9 Å². The third-order valence-electron chi connectivity index (χ3n) is 8.95. The van der Waals surface area contributed by atoms with E-state index in [-0.39, 0.29) is 11.9 Å². The van der Waals surface area contributed by atoms with Gasteiger partial charge in [-0.05, 0) is 102 Å². The zero-order valence-corrected chi connectivity index (χ0v) is 32.4. The fraction of sp³-hybridized carbons (Fsp3) is 0.419. The first-order chi connectivity index (χ1) is 25.7. The predicted molar refractivity (Wildman–Crippen MR) is 210 cm³/mol. The van der Waals surface area contributed by atoms with Crippen LogP contribution in [0.5, 0.6) is 0 Å². The van der Waals surface area contributed by atoms with Crippen molar-refractivity contribution in [2.24, 2.45) is 4.99 Å². The van der Waals surface area contributed by atoms with Gasteiger partial charge >= 0.3 is 12.1 Å². The van der Waals surface area contributed by atoms with Gasteiger partial charge in [0.15, 0.2) is 12.2 Å². The van der Waals surface area contributed by atoms with Crippen molar-refractivity contribution in [3.63, 3.8) is 0 Å². The summed E-state index contributed by atoms with van der Waals surface area (Å²) in [5.74, 6) is -1.10. The summed E-state index contributed by atoms with van der Waals surface area (Å²) in [4.78, 5) is 57.8. The highest BCUT2D eigenvalue weighted by molar-refractivity contribution is 5.94. The largest absolute Gasteiger partial charge is 0.466 e. The second kappa shape index (κ2) is 19.7. The number of carbonyl (C=O) groups is 4. The minimum atomic E-state index is -1.34. The first-order valence-corrected chi connectivity index (χ1v) is 18.8. The smallest absolute Gasteiger partial charge is 0.408 e. The van der Waals surface area contributed by atoms with Gasteiger partial charge in [0.25, 0.3) is 0 Å². The molecule has 0 fully saturated rings. The Morgan fingerprint density at radius 3 is 2.09 bits per heavy atom. The molecule has 3 aromatic rings. The normalized spacial score (nSPS) is 15.1. The molecule has 0 bridgehead atoms. The molecule has 0 spiro atoms. The van der Waals surface area contributed by atoms with Gasteiger partial charge in [-0.3, -0.25) is 19.3 Å². The number of aliphatic imine (C=N–C) groups is 1. The fourth-order valence-electron chi connectivity index (χ4n) is 6.08. The van der Waals surface area contributed by atoms with E-state index in [2.05, 4.69) is 33.1 Å². The molecule has 1 aliphatic rings. The Morgan fingerprint density at radius 2 is 1.44 bits per heavy atom. The van der Waals surface area contributed by atoms with Gasteiger partial charge in [-0.15, -0.1) is 0 Å². The number of hydrogen-bond donors (Lipinski definition) is 4. The number of alkyl carbamates (subject to hydrolysis) is 1. The maximum absolute atomic E-state index is 13.6. The number of aryl methyl sites for hydroxylation is 1. The number of nitrogens with zero attached hydrogens (tertiary/aromatic N) is 1. The van der Waals surface area contributed by atoms with Crippen LogP contribution in [0.15, 0.2) is 102 Å². The second-order valence-electron chi connectivity index (χ2n) is 15.0. The summed E-state index contributed by atoms with van der Waals surface area (Å²) in [5.41, 5.74) is 2.20. The van der Waals surface area contributed by atoms with E-state index in [0.29, 0.717) is 38.2 Å². The van der Waals surface area contributed by atoms with E-state index in [1.54, 1.807) is 41.0 Å². The molecular weight excluding hydrogens is 683 g/mol. The van der Waals surface area contributed by atoms with E-state index < -0.39 is 35.1 Å². The molecule has 0 aromatic heterocycles. The van der Waals surface area contributed by atoms with Crippen LogP contribution in [0.3, 0.4) is 0 Å². The van der Waals surface area contributed by atoms with E-state index in [1.165, 1.54) is 0 Å². The Kier molecular flexibility index (Phi) is 15.1. The molecule has 11 nitrogen and oxygen atoms in total. The third kappa shape index (κ3) is 13.3. The summed E-state index contributed by atoms with van der Waals surface area (Å²) in [7, 11) is 0. The molecule has 0 radical (unpaired) electrons. The zero-order chi connectivity index (χ0) is 39.1. The van der Waals surface area contributed by atoms with Crippen molar-refractivity contribution in [3.8, 4) is 11.1 Å². The quantitative estimate of drug-likeness (QED) is 0.0958. The van der Waals surface area contributed by atoms with Crippen LogP contribution in [-0.2, 0) is 30.3 Å². The summed E-state index contributed by atoms with van der Waals surface area (Å²) in [6.45, 7) is 11.2. The van der Waals surface area contributed by atoms with Crippen molar-refractivity contribution in [2.75, 3.05) is 13.2 Å². The number of hydrogen-bond acceptors (Lipinski definition) is 7. The summed E-state index contributed by atoms with van der Waals surface area (Å²) in [6, 6.07) is 27.3. The lowest BCUT2D eigenvalue weighted by molar-refractivity contribution is -0.737. The SMILES string of the molecule is CCOC(=O)C(CCCC[NH+]1C=NC(NC(=O)[C@@H](CCCc2ccccc2)NC(=O)C(C)(C)NC(=O)OC(C)(C)C)=C1)c1ccc(-c2ccccc2)cc1. The average molecular weight is 739 g/mol. The molecule has 11 heteroatoms. The lowest BCUT2D eigenvalue weighted by atomic mass is 9.92. The number of amides is 3. The molecule has 3 aromatic carbocycles. The lowest BCUT2D eigenvalue weighted by Crippen LogP contribution is -3.05. The number of ether oxygens (including phenoxy) is 2. The van der Waals surface area contributed by atoms with Crippen molar-refractivity contribution >= 4 is 30.2 Å². The van der Waals surface area contributed by atoms with Crippen molar-refractivity contribution in [2.45, 2.75) is 103 Å². The van der Waals surface area contributed by atoms with Crippen molar-refractivity contribution < 1.29 is 33.6 Å². The van der Waals surface area contributed by atoms with Crippen LogP contribution in [0.2, 0.25) is 0 Å². The van der Waals surface area contributed by atoms with Crippen LogP contribution in [0.1, 0.15) is 90.7 Å². The summed E-state index contributed by atoms with van der Waals surface area (Å²) in [6.07, 6.45) is 6.84. The molecule has 0 saturated carbocycles. The molecule has 0 aliphatic carbocycles. The van der Waals surface area contributed by atoms with Gasteiger partial charge in [-0.25, -0.2) is 4.79 Å². The molecule has 4 N–H and O–H groups in total. The van der Waals surface area contributed by atoms with E-state index >= 15 is 0 Å². The average Bonchev–Trinajstić information content (AvgIpc) is 3.57. The predicted octanol–water partition coefficient (Wildman–Crippen LogP) is 5.82. The monoisotopic (exact) mass is 738 g/mol. The standard InChI is InChI=1S/C43H55N5O6/c1-7-53-39(50)35(34-26-24-33(25-27-34)32-20-12-9-13-21-32)22-14-15-28-48-29-37(44-30-48)46-38(49)36(23-16-19-31-17-10-8-11-18-31)45-40(51)43(5,6)47-41(52)54-42(2,3)4/h8-13,17-18,20-21,24-27,29-30,35-36H,7,14-16,19,22-23,28H2,1-6H3,(H,45,51)(H,46,49)(H,47,52)/p+1/t35?,36-/m1/s1. The highest BCUT2D eigenvalue weighted by atomic mass is 16.6. The number of nitrogens with one attached hydrogen (secondary N) is 4. The highest BCUT2D eigenvalue weighted by Gasteiger charge is 2.34. The molecule has 288 valence electrons. The first kappa shape index (κ1) is 41.5. The summed E-state index contributed by atoms with van der Waals surface area (Å²) >= 11 is 0. The van der Waals surface area contributed by atoms with Crippen LogP contribution in [-0.4, -0.2) is 60.5 Å². The fourth-order valence-corrected chi connectivity index (χ4v) is 6.08. The Morgan fingerprint density at radius 1 is 0.796 bits per heavy atom. The molecule has 2 unspecified atom stereocenters. The number of rotatable bonds is 18. The Bertz CT molecular complexity index is 1750. The zero-order valence-electron chi connectivity index (χ0n) is 32.4. The summed E-state index contributed by atoms with van der Waals surface area (Å²) in [5, 5.41) is 8.33. The number of carbonyl (C=O) groups excluding carboxylic acids is 4. The van der Waals surface area contributed by atoms with Crippen LogP contribution in [0.4, 0.5) is 4.79 Å². The molecule has 3 atom stereocenters. The van der Waals surface area contributed by atoms with Crippen LogP contribution >= 0.6 is 0 Å². The van der Waals surface area contributed by atoms with Crippen LogP contribution in [0, 0.1) is 0 Å². The van der Waals surface area contributed by atoms with Crippen molar-refractivity contribution in [1.29, 1.82) is 0 Å². The minimum absolute atomic E-state index is 0.223. The topological polar surface area (TPSA) is 140 Å². The molecular formula is C43H56N5O6+. The van der Waals surface area contributed by atoms with Gasteiger partial charge in [0.05, 0.1) is 19.1 Å². The van der Waals surface area contributed by atoms with E-state index in [4.69, 9.17) is 9.47 Å². The number of unbranched alkanes of at least 4 members (excludes halogenated alkanes) is 1. The maximum Gasteiger partial charge on any atom is 0.408 e. The Balaban J connectivity index is 1.33.